The third-order valence-corrected chi connectivity index (χ3v) is 5.02. The predicted molar refractivity (Wildman–Crippen MR) is 89.8 cm³/mol. The molecule has 3 aromatic rings. The zero-order valence-corrected chi connectivity index (χ0v) is 14.0. The van der Waals surface area contributed by atoms with Crippen LogP contribution in [0.4, 0.5) is 5.82 Å². The van der Waals surface area contributed by atoms with Crippen LogP contribution >= 0.6 is 11.8 Å². The first-order chi connectivity index (χ1) is 12.1. The van der Waals surface area contributed by atoms with E-state index in [0.29, 0.717) is 27.1 Å². The molecule has 1 fully saturated rings. The fourth-order valence-corrected chi connectivity index (χ4v) is 3.71. The van der Waals surface area contributed by atoms with Crippen molar-refractivity contribution in [1.82, 2.24) is 24.5 Å². The highest BCUT2D eigenvalue weighted by molar-refractivity contribution is 7.98. The lowest BCUT2D eigenvalue weighted by Gasteiger charge is -2.18. The third-order valence-electron chi connectivity index (χ3n) is 4.32. The summed E-state index contributed by atoms with van der Waals surface area (Å²) >= 11 is 1.42. The summed E-state index contributed by atoms with van der Waals surface area (Å²) in [6, 6.07) is 0. The Bertz CT molecular complexity index is 950. The first-order valence-corrected chi connectivity index (χ1v) is 8.72. The second kappa shape index (κ2) is 6.04. The molecule has 0 radical (unpaired) electrons. The lowest BCUT2D eigenvalue weighted by molar-refractivity contribution is -0.0492. The van der Waals surface area contributed by atoms with Crippen molar-refractivity contribution in [3.63, 3.8) is 0 Å². The fourth-order valence-electron chi connectivity index (χ4n) is 3.16. The van der Waals surface area contributed by atoms with Crippen LogP contribution in [0.1, 0.15) is 6.23 Å². The molecule has 4 rings (SSSR count). The van der Waals surface area contributed by atoms with Gasteiger partial charge in [-0.3, -0.25) is 4.57 Å². The number of hydrogen-bond donors (Lipinski definition) is 4. The van der Waals surface area contributed by atoms with Crippen LogP contribution in [0.2, 0.25) is 0 Å². The van der Waals surface area contributed by atoms with Crippen molar-refractivity contribution in [3.8, 4) is 0 Å². The Morgan fingerprint density at radius 2 is 1.80 bits per heavy atom. The number of hydrogen-bond acceptors (Lipinski definition) is 10. The largest absolute Gasteiger partial charge is 0.394 e. The number of anilines is 1. The van der Waals surface area contributed by atoms with Gasteiger partial charge in [0.05, 0.1) is 17.4 Å². The molecular weight excluding hydrogens is 348 g/mol. The zero-order valence-electron chi connectivity index (χ0n) is 13.1. The number of nitrogens with zero attached hydrogens (tertiary/aromatic N) is 5. The molecule has 5 N–H and O–H groups in total. The maximum absolute atomic E-state index is 10.4. The lowest BCUT2D eigenvalue weighted by atomic mass is 10.1. The van der Waals surface area contributed by atoms with E-state index in [4.69, 9.17) is 10.5 Å². The van der Waals surface area contributed by atoms with E-state index in [0.717, 1.165) is 0 Å². The minimum atomic E-state index is -1.26. The number of nitrogens with two attached hydrogens (primary N) is 1. The summed E-state index contributed by atoms with van der Waals surface area (Å²) in [6.07, 6.45) is 0.190. The summed E-state index contributed by atoms with van der Waals surface area (Å²) in [7, 11) is 0. The molecule has 1 aliphatic heterocycles. The van der Waals surface area contributed by atoms with Crippen LogP contribution in [0.25, 0.3) is 22.1 Å². The third kappa shape index (κ3) is 2.28. The molecule has 0 bridgehead atoms. The number of rotatable bonds is 3. The van der Waals surface area contributed by atoms with Gasteiger partial charge in [-0.15, -0.1) is 11.8 Å². The molecule has 0 amide bonds. The minimum absolute atomic E-state index is 0.255. The number of aliphatic hydroxyl groups is 3. The van der Waals surface area contributed by atoms with Crippen molar-refractivity contribution < 1.29 is 20.1 Å². The van der Waals surface area contributed by atoms with Gasteiger partial charge in [-0.05, 0) is 6.26 Å². The van der Waals surface area contributed by atoms with Gasteiger partial charge in [0.1, 0.15) is 53.1 Å². The Balaban J connectivity index is 2.05. The number of aromatic nitrogens is 5. The first-order valence-electron chi connectivity index (χ1n) is 7.50. The molecule has 0 saturated carbocycles. The van der Waals surface area contributed by atoms with Crippen LogP contribution in [-0.4, -0.2) is 71.0 Å². The van der Waals surface area contributed by atoms with Crippen LogP contribution in [-0.2, 0) is 4.74 Å². The van der Waals surface area contributed by atoms with E-state index in [1.54, 1.807) is 4.57 Å². The van der Waals surface area contributed by atoms with E-state index < -0.39 is 31.1 Å². The summed E-state index contributed by atoms with van der Waals surface area (Å²) < 4.78 is 7.22. The quantitative estimate of drug-likeness (QED) is 0.346. The second-order valence-corrected chi connectivity index (χ2v) is 6.43. The molecule has 4 heterocycles. The van der Waals surface area contributed by atoms with Gasteiger partial charge in [-0.25, -0.2) is 19.9 Å². The van der Waals surface area contributed by atoms with Crippen molar-refractivity contribution in [2.24, 2.45) is 0 Å². The predicted octanol–water partition coefficient (Wildman–Crippen LogP) is -0.710. The Labute approximate surface area is 145 Å². The highest BCUT2D eigenvalue weighted by Crippen LogP contribution is 2.39. The van der Waals surface area contributed by atoms with Crippen LogP contribution in [0.3, 0.4) is 0 Å². The molecule has 1 saturated heterocycles. The average Bonchev–Trinajstić information content (AvgIpc) is 3.10. The molecule has 132 valence electrons. The van der Waals surface area contributed by atoms with Gasteiger partial charge < -0.3 is 25.8 Å². The second-order valence-electron chi connectivity index (χ2n) is 5.64. The average molecular weight is 364 g/mol. The standard InChI is InChI=1S/C14H16N6O4S/c1-25-13-7-6-10(15)16-3-17-11(6)20(12(7)18-4-19-13)14-9(23)8(22)5(2-21)24-14/h3-5,8-9,14,21-23H,2H2,1H3,(H2,15,16,17)/t5-,8-,9-,14?/m1/s1. The number of thioether (sulfide) groups is 1. The van der Waals surface area contributed by atoms with Crippen molar-refractivity contribution in [3.05, 3.63) is 12.7 Å². The highest BCUT2D eigenvalue weighted by atomic mass is 32.2. The molecule has 1 aliphatic rings. The monoisotopic (exact) mass is 364 g/mol. The molecule has 0 aliphatic carbocycles. The zero-order chi connectivity index (χ0) is 17.7. The van der Waals surface area contributed by atoms with Crippen LogP contribution in [0.5, 0.6) is 0 Å². The number of aliphatic hydroxyl groups excluding tert-OH is 3. The van der Waals surface area contributed by atoms with Gasteiger partial charge in [-0.1, -0.05) is 0 Å². The van der Waals surface area contributed by atoms with Crippen molar-refractivity contribution in [2.75, 3.05) is 18.6 Å². The van der Waals surface area contributed by atoms with Crippen molar-refractivity contribution >= 4 is 39.6 Å². The van der Waals surface area contributed by atoms with Crippen LogP contribution in [0.15, 0.2) is 17.7 Å². The molecular formula is C14H16N6O4S. The van der Waals surface area contributed by atoms with Crippen LogP contribution in [0, 0.1) is 0 Å². The van der Waals surface area contributed by atoms with Gasteiger partial charge in [0.15, 0.2) is 6.23 Å². The summed E-state index contributed by atoms with van der Waals surface area (Å²) in [6.45, 7) is -0.423. The smallest absolute Gasteiger partial charge is 0.166 e. The normalized spacial score (nSPS) is 26.7. The summed E-state index contributed by atoms with van der Waals surface area (Å²) in [5.41, 5.74) is 6.92. The summed E-state index contributed by atoms with van der Waals surface area (Å²) in [4.78, 5) is 16.9. The van der Waals surface area contributed by atoms with E-state index in [-0.39, 0.29) is 5.82 Å². The van der Waals surface area contributed by atoms with Crippen molar-refractivity contribution in [1.29, 1.82) is 0 Å². The van der Waals surface area contributed by atoms with Crippen LogP contribution < -0.4 is 5.73 Å². The Hall–Kier alpha value is -2.05. The first kappa shape index (κ1) is 16.4. The number of ether oxygens (including phenoxy) is 1. The Morgan fingerprint density at radius 3 is 2.44 bits per heavy atom. The molecule has 10 nitrogen and oxygen atoms in total. The van der Waals surface area contributed by atoms with Gasteiger partial charge >= 0.3 is 0 Å². The van der Waals surface area contributed by atoms with Gasteiger partial charge in [-0.2, -0.15) is 0 Å². The van der Waals surface area contributed by atoms with Gasteiger partial charge in [0.25, 0.3) is 0 Å². The minimum Gasteiger partial charge on any atom is -0.394 e. The van der Waals surface area contributed by atoms with E-state index in [1.807, 2.05) is 6.26 Å². The Kier molecular flexibility index (Phi) is 3.96. The number of fused-ring (bicyclic) bond motifs is 3. The molecule has 3 aromatic heterocycles. The van der Waals surface area contributed by atoms with E-state index >= 15 is 0 Å². The SMILES string of the molecule is CSc1ncnc2c1c1c(N)ncnc1n2C1O[C@H](CO)[C@@H](O)[C@H]1O. The van der Waals surface area contributed by atoms with E-state index in [1.165, 1.54) is 24.4 Å². The molecule has 11 heteroatoms. The maximum Gasteiger partial charge on any atom is 0.166 e. The summed E-state index contributed by atoms with van der Waals surface area (Å²) in [5.74, 6) is 0.255. The molecule has 0 aromatic carbocycles. The topological polar surface area (TPSA) is 152 Å². The molecule has 0 spiro atoms. The van der Waals surface area contributed by atoms with E-state index in [2.05, 4.69) is 19.9 Å². The number of nitrogen functional groups attached to an aromatic ring is 1. The van der Waals surface area contributed by atoms with Crippen molar-refractivity contribution in [2.45, 2.75) is 29.6 Å². The fraction of sp³-hybridized carbons (Fsp3) is 0.429. The molecule has 1 unspecified atom stereocenters. The summed E-state index contributed by atoms with van der Waals surface area (Å²) in [5, 5.41) is 31.7. The molecule has 4 atom stereocenters. The molecule has 25 heavy (non-hydrogen) atoms. The van der Waals surface area contributed by atoms with Gasteiger partial charge in [0, 0.05) is 0 Å². The lowest BCUT2D eigenvalue weighted by Crippen LogP contribution is -2.33. The Morgan fingerprint density at radius 1 is 1.12 bits per heavy atom. The maximum atomic E-state index is 10.4. The van der Waals surface area contributed by atoms with E-state index in [9.17, 15) is 15.3 Å². The van der Waals surface area contributed by atoms with Gasteiger partial charge in [0.2, 0.25) is 0 Å². The highest BCUT2D eigenvalue weighted by Gasteiger charge is 2.45.